The molecule has 0 heterocycles. The summed E-state index contributed by atoms with van der Waals surface area (Å²) in [5.74, 6) is 1.01. The summed E-state index contributed by atoms with van der Waals surface area (Å²) in [6, 6.07) is 4.57. The molecule has 0 saturated heterocycles. The molecule has 0 bridgehead atoms. The first kappa shape index (κ1) is 16.4. The van der Waals surface area contributed by atoms with Gasteiger partial charge in [0.1, 0.15) is 0 Å². The molecule has 1 radical (unpaired) electrons. The van der Waals surface area contributed by atoms with E-state index in [1.54, 1.807) is 7.11 Å². The maximum atomic E-state index is 5.90. The first-order chi connectivity index (χ1) is 9.31. The van der Waals surface area contributed by atoms with Crippen LogP contribution in [0, 0.1) is 0 Å². The van der Waals surface area contributed by atoms with Crippen LogP contribution >= 0.6 is 0 Å². The normalized spacial score (nSPS) is 19.5. The third-order valence-corrected chi connectivity index (χ3v) is 7.28. The summed E-state index contributed by atoms with van der Waals surface area (Å²) in [7, 11) is 1.67. The van der Waals surface area contributed by atoms with Crippen molar-refractivity contribution in [2.24, 2.45) is 0 Å². The second kappa shape index (κ2) is 6.02. The first-order valence-electron chi connectivity index (χ1n) is 6.92. The van der Waals surface area contributed by atoms with Gasteiger partial charge >= 0.3 is 136 Å². The van der Waals surface area contributed by atoms with E-state index in [9.17, 15) is 0 Å². The molecule has 1 aliphatic rings. The number of methoxy groups -OCH3 is 1. The fraction of sp³-hybridized carbons (Fsp3) is 0.625. The van der Waals surface area contributed by atoms with Crippen molar-refractivity contribution in [1.82, 2.24) is 0 Å². The van der Waals surface area contributed by atoms with Gasteiger partial charge in [0.05, 0.1) is 0 Å². The molecule has 1 aromatic carbocycles. The number of benzene rings is 1. The van der Waals surface area contributed by atoms with Gasteiger partial charge in [-0.25, -0.2) is 0 Å². The van der Waals surface area contributed by atoms with Crippen LogP contribution in [-0.4, -0.2) is 41.2 Å². The maximum absolute atomic E-state index is 5.90. The summed E-state index contributed by atoms with van der Waals surface area (Å²) in [5, 5.41) is 0. The molecule has 20 heavy (non-hydrogen) atoms. The third-order valence-electron chi connectivity index (χ3n) is 4.29. The van der Waals surface area contributed by atoms with Gasteiger partial charge in [-0.1, -0.05) is 0 Å². The Hall–Kier alpha value is 0.0190. The van der Waals surface area contributed by atoms with Crippen LogP contribution in [0.4, 0.5) is 0 Å². The minimum atomic E-state index is 0.164. The Morgan fingerprint density at radius 1 is 1.15 bits per heavy atom. The Labute approximate surface area is 135 Å². The van der Waals surface area contributed by atoms with Gasteiger partial charge in [-0.05, 0) is 0 Å². The monoisotopic (exact) mass is 407 g/mol. The van der Waals surface area contributed by atoms with E-state index >= 15 is 0 Å². The number of hydrogen-bond acceptors (Lipinski definition) is 2. The minimum absolute atomic E-state index is 0.164. The van der Waals surface area contributed by atoms with Crippen molar-refractivity contribution < 1.29 is 9.47 Å². The Balaban J connectivity index is 2.62. The van der Waals surface area contributed by atoms with Crippen molar-refractivity contribution in [3.05, 3.63) is 23.3 Å². The molecule has 0 N–H and O–H groups in total. The SMILES string of the molecule is COCOc1cc([Se][Se])cc2c1C(C)(C)CCC2(C)C. The Bertz CT molecular complexity index is 495. The van der Waals surface area contributed by atoms with Crippen LogP contribution in [0.15, 0.2) is 12.1 Å². The third kappa shape index (κ3) is 3.10. The van der Waals surface area contributed by atoms with Crippen molar-refractivity contribution in [1.29, 1.82) is 0 Å². The molecule has 1 aliphatic carbocycles. The zero-order chi connectivity index (χ0) is 15.0. The summed E-state index contributed by atoms with van der Waals surface area (Å²) >= 11 is 3.53. The van der Waals surface area contributed by atoms with E-state index in [0.717, 1.165) is 5.75 Å². The van der Waals surface area contributed by atoms with E-state index in [1.165, 1.54) is 28.4 Å². The Morgan fingerprint density at radius 2 is 1.80 bits per heavy atom. The van der Waals surface area contributed by atoms with Crippen LogP contribution in [0.1, 0.15) is 51.7 Å². The quantitative estimate of drug-likeness (QED) is 0.566. The summed E-state index contributed by atoms with van der Waals surface area (Å²) < 4.78 is 12.4. The molecule has 0 atom stereocenters. The van der Waals surface area contributed by atoms with Gasteiger partial charge in [-0.3, -0.25) is 0 Å². The van der Waals surface area contributed by atoms with Gasteiger partial charge in [0, 0.05) is 0 Å². The Kier molecular flexibility index (Phi) is 4.94. The van der Waals surface area contributed by atoms with Gasteiger partial charge in [-0.15, -0.1) is 0 Å². The molecule has 1 aromatic rings. The molecule has 4 heteroatoms. The van der Waals surface area contributed by atoms with Crippen LogP contribution < -0.4 is 9.20 Å². The van der Waals surface area contributed by atoms with Gasteiger partial charge in [0.2, 0.25) is 0 Å². The van der Waals surface area contributed by atoms with Crippen molar-refractivity contribution in [3.63, 3.8) is 0 Å². The predicted octanol–water partition coefficient (Wildman–Crippen LogP) is 2.43. The predicted molar refractivity (Wildman–Crippen MR) is 85.4 cm³/mol. The number of rotatable bonds is 4. The fourth-order valence-corrected chi connectivity index (χ4v) is 4.71. The number of fused-ring (bicyclic) bond motifs is 1. The van der Waals surface area contributed by atoms with Crippen molar-refractivity contribution in [2.75, 3.05) is 13.9 Å². The van der Waals surface area contributed by atoms with E-state index in [1.807, 2.05) is 0 Å². The van der Waals surface area contributed by atoms with Crippen LogP contribution in [0.3, 0.4) is 0 Å². The molecule has 0 aliphatic heterocycles. The summed E-state index contributed by atoms with van der Waals surface area (Å²) in [6.45, 7) is 9.65. The molecule has 2 rings (SSSR count). The molecule has 0 spiro atoms. The molecule has 0 fully saturated rings. The van der Waals surface area contributed by atoms with Crippen LogP contribution in [0.2, 0.25) is 0 Å². The van der Waals surface area contributed by atoms with E-state index in [2.05, 4.69) is 54.0 Å². The van der Waals surface area contributed by atoms with Gasteiger partial charge in [-0.2, -0.15) is 0 Å². The molecule has 0 aromatic heterocycles. The van der Waals surface area contributed by atoms with Crippen molar-refractivity contribution in [2.45, 2.75) is 51.4 Å². The van der Waals surface area contributed by atoms with Gasteiger partial charge < -0.3 is 0 Å². The Morgan fingerprint density at radius 3 is 2.40 bits per heavy atom. The molecule has 0 amide bonds. The molecular formula is C16H23O2Se2. The van der Waals surface area contributed by atoms with Crippen LogP contribution in [0.5, 0.6) is 5.75 Å². The number of ether oxygens (including phenoxy) is 2. The second-order valence-electron chi connectivity index (χ2n) is 6.75. The zero-order valence-corrected chi connectivity index (χ0v) is 16.3. The molecule has 0 saturated carbocycles. The average Bonchev–Trinajstić information content (AvgIpc) is 2.40. The summed E-state index contributed by atoms with van der Waals surface area (Å²) in [6.07, 6.45) is 2.42. The first-order valence-corrected chi connectivity index (χ1v) is 12.1. The summed E-state index contributed by atoms with van der Waals surface area (Å²) in [5.41, 5.74) is 3.21. The topological polar surface area (TPSA) is 18.5 Å². The van der Waals surface area contributed by atoms with Crippen molar-refractivity contribution >= 4 is 31.8 Å². The second-order valence-corrected chi connectivity index (χ2v) is 9.90. The molecule has 0 unspecified atom stereocenters. The summed E-state index contributed by atoms with van der Waals surface area (Å²) in [4.78, 5) is 0. The standard InChI is InChI=1S/C16H23O2Se2/c1-15(2)6-7-16(3,4)14-12(15)8-11(20-19)9-13(14)18-10-17-5/h8-9H,6-7,10H2,1-5H3. The van der Waals surface area contributed by atoms with Crippen LogP contribution in [0.25, 0.3) is 0 Å². The molecule has 111 valence electrons. The van der Waals surface area contributed by atoms with E-state index in [0.29, 0.717) is 19.9 Å². The van der Waals surface area contributed by atoms with Crippen LogP contribution in [-0.2, 0) is 15.6 Å². The molecular weight excluding hydrogens is 382 g/mol. The van der Waals surface area contributed by atoms with E-state index in [4.69, 9.17) is 9.47 Å². The average molecular weight is 405 g/mol. The number of hydrogen-bond donors (Lipinski definition) is 0. The van der Waals surface area contributed by atoms with Gasteiger partial charge in [0.25, 0.3) is 0 Å². The zero-order valence-electron chi connectivity index (χ0n) is 12.9. The fourth-order valence-electron chi connectivity index (χ4n) is 2.99. The van der Waals surface area contributed by atoms with E-state index in [-0.39, 0.29) is 10.8 Å². The van der Waals surface area contributed by atoms with Gasteiger partial charge in [0.15, 0.2) is 0 Å². The van der Waals surface area contributed by atoms with E-state index < -0.39 is 0 Å². The molecule has 2 nitrogen and oxygen atoms in total. The van der Waals surface area contributed by atoms with Crippen molar-refractivity contribution in [3.8, 4) is 5.75 Å².